The topological polar surface area (TPSA) is 52.7 Å². The Labute approximate surface area is 148 Å². The molecule has 1 saturated heterocycles. The highest BCUT2D eigenvalue weighted by molar-refractivity contribution is 5.79. The largest absolute Gasteiger partial charge is 0.341 e. The van der Waals surface area contributed by atoms with Crippen LogP contribution in [0.4, 0.5) is 9.18 Å². The monoisotopic (exact) mass is 347 g/mol. The average Bonchev–Trinajstić information content (AvgIpc) is 3.41. The van der Waals surface area contributed by atoms with Gasteiger partial charge in [-0.05, 0) is 49.8 Å². The summed E-state index contributed by atoms with van der Waals surface area (Å²) < 4.78 is 13.3. The lowest BCUT2D eigenvalue weighted by Crippen LogP contribution is -2.46. The van der Waals surface area contributed by atoms with E-state index in [0.29, 0.717) is 37.7 Å². The van der Waals surface area contributed by atoms with Crippen molar-refractivity contribution in [2.45, 2.75) is 38.6 Å². The van der Waals surface area contributed by atoms with Gasteiger partial charge in [0.1, 0.15) is 5.82 Å². The first-order valence-electron chi connectivity index (χ1n) is 9.10. The van der Waals surface area contributed by atoms with Crippen LogP contribution >= 0.6 is 0 Å². The Morgan fingerprint density at radius 2 is 1.92 bits per heavy atom. The zero-order valence-electron chi connectivity index (χ0n) is 14.7. The molecular weight excluding hydrogens is 321 g/mol. The molecule has 0 aromatic heterocycles. The van der Waals surface area contributed by atoms with E-state index < -0.39 is 0 Å². The molecule has 25 heavy (non-hydrogen) atoms. The summed E-state index contributed by atoms with van der Waals surface area (Å²) in [4.78, 5) is 28.4. The number of hydrogen-bond acceptors (Lipinski definition) is 2. The minimum atomic E-state index is -0.325. The van der Waals surface area contributed by atoms with Crippen LogP contribution in [0.25, 0.3) is 0 Å². The average molecular weight is 347 g/mol. The van der Waals surface area contributed by atoms with Crippen LogP contribution in [-0.2, 0) is 11.2 Å². The number of nitrogens with one attached hydrogen (secondary N) is 1. The molecule has 136 valence electrons. The maximum absolute atomic E-state index is 13.3. The second-order valence-electron chi connectivity index (χ2n) is 7.10. The number of carbonyl (C=O) groups is 2. The number of halogens is 1. The molecule has 1 N–H and O–H groups in total. The fourth-order valence-corrected chi connectivity index (χ4v) is 3.30. The molecule has 0 spiro atoms. The van der Waals surface area contributed by atoms with E-state index in [9.17, 15) is 14.0 Å². The predicted molar refractivity (Wildman–Crippen MR) is 93.6 cm³/mol. The van der Waals surface area contributed by atoms with Crippen molar-refractivity contribution in [3.63, 3.8) is 0 Å². The third kappa shape index (κ3) is 4.94. The highest BCUT2D eigenvalue weighted by Crippen LogP contribution is 2.32. The second-order valence-corrected chi connectivity index (χ2v) is 7.10. The Bertz CT molecular complexity index is 633. The van der Waals surface area contributed by atoms with Crippen molar-refractivity contribution < 1.29 is 14.0 Å². The van der Waals surface area contributed by atoms with Crippen molar-refractivity contribution in [1.29, 1.82) is 0 Å². The first-order chi connectivity index (χ1) is 12.0. The maximum Gasteiger partial charge on any atom is 0.317 e. The van der Waals surface area contributed by atoms with E-state index in [2.05, 4.69) is 12.2 Å². The number of hydrogen-bond donors (Lipinski definition) is 1. The molecule has 0 bridgehead atoms. The van der Waals surface area contributed by atoms with E-state index in [0.717, 1.165) is 6.42 Å². The predicted octanol–water partition coefficient (Wildman–Crippen LogP) is 2.41. The van der Waals surface area contributed by atoms with Gasteiger partial charge in [-0.15, -0.1) is 0 Å². The molecule has 1 aliphatic heterocycles. The summed E-state index contributed by atoms with van der Waals surface area (Å²) in [6.45, 7) is 4.42. The lowest BCUT2D eigenvalue weighted by Gasteiger charge is -2.24. The van der Waals surface area contributed by atoms with Gasteiger partial charge in [0.15, 0.2) is 0 Å². The molecule has 3 amide bonds. The number of rotatable bonds is 4. The van der Waals surface area contributed by atoms with Gasteiger partial charge >= 0.3 is 6.03 Å². The van der Waals surface area contributed by atoms with E-state index in [-0.39, 0.29) is 30.2 Å². The number of amides is 3. The summed E-state index contributed by atoms with van der Waals surface area (Å²) in [6, 6.07) is 6.35. The minimum absolute atomic E-state index is 0.0146. The zero-order valence-corrected chi connectivity index (χ0v) is 14.7. The lowest BCUT2D eigenvalue weighted by atomic mass is 10.1. The molecule has 2 aliphatic rings. The SMILES string of the molecule is C[C@@H](NC(=O)N1CCCN(C(=O)Cc2cccc(F)c2)CC1)C1CC1. The Kier molecular flexibility index (Phi) is 5.56. The van der Waals surface area contributed by atoms with Gasteiger partial charge in [0.25, 0.3) is 0 Å². The van der Waals surface area contributed by atoms with E-state index >= 15 is 0 Å². The molecule has 1 aliphatic carbocycles. The number of nitrogens with zero attached hydrogens (tertiary/aromatic N) is 2. The van der Waals surface area contributed by atoms with Crippen LogP contribution in [0.15, 0.2) is 24.3 Å². The normalized spacial score (nSPS) is 19.3. The van der Waals surface area contributed by atoms with Crippen LogP contribution in [0.5, 0.6) is 0 Å². The van der Waals surface area contributed by atoms with E-state index in [1.165, 1.54) is 25.0 Å². The molecule has 2 fully saturated rings. The molecular formula is C19H26FN3O2. The highest BCUT2D eigenvalue weighted by atomic mass is 19.1. The third-order valence-electron chi connectivity index (χ3n) is 5.06. The maximum atomic E-state index is 13.3. The van der Waals surface area contributed by atoms with Gasteiger partial charge in [-0.25, -0.2) is 9.18 Å². The molecule has 1 heterocycles. The van der Waals surface area contributed by atoms with Crippen LogP contribution in [0, 0.1) is 11.7 Å². The quantitative estimate of drug-likeness (QED) is 0.909. The van der Waals surface area contributed by atoms with Crippen molar-refractivity contribution in [2.24, 2.45) is 5.92 Å². The lowest BCUT2D eigenvalue weighted by molar-refractivity contribution is -0.130. The molecule has 3 rings (SSSR count). The Hall–Kier alpha value is -2.11. The van der Waals surface area contributed by atoms with Crippen molar-refractivity contribution >= 4 is 11.9 Å². The van der Waals surface area contributed by atoms with Gasteiger partial charge in [0.05, 0.1) is 6.42 Å². The van der Waals surface area contributed by atoms with Crippen LogP contribution in [0.3, 0.4) is 0 Å². The molecule has 6 heteroatoms. The Balaban J connectivity index is 1.50. The van der Waals surface area contributed by atoms with Gasteiger partial charge < -0.3 is 15.1 Å². The van der Waals surface area contributed by atoms with Gasteiger partial charge in [-0.1, -0.05) is 12.1 Å². The van der Waals surface area contributed by atoms with E-state index in [1.807, 2.05) is 0 Å². The number of benzene rings is 1. The molecule has 1 atom stereocenters. The summed E-state index contributed by atoms with van der Waals surface area (Å²) in [5.41, 5.74) is 0.683. The summed E-state index contributed by atoms with van der Waals surface area (Å²) in [7, 11) is 0. The van der Waals surface area contributed by atoms with E-state index in [4.69, 9.17) is 0 Å². The summed E-state index contributed by atoms with van der Waals surface area (Å²) in [5, 5.41) is 3.07. The first-order valence-corrected chi connectivity index (χ1v) is 9.10. The molecule has 0 unspecified atom stereocenters. The second kappa shape index (κ2) is 7.85. The van der Waals surface area contributed by atoms with Crippen molar-refractivity contribution in [1.82, 2.24) is 15.1 Å². The fourth-order valence-electron chi connectivity index (χ4n) is 3.30. The van der Waals surface area contributed by atoms with Gasteiger partial charge in [0, 0.05) is 32.2 Å². The number of carbonyl (C=O) groups excluding carboxylic acids is 2. The molecule has 1 aromatic rings. The molecule has 1 saturated carbocycles. The smallest absolute Gasteiger partial charge is 0.317 e. The molecule has 5 nitrogen and oxygen atoms in total. The summed E-state index contributed by atoms with van der Waals surface area (Å²) >= 11 is 0. The van der Waals surface area contributed by atoms with Crippen molar-refractivity contribution in [2.75, 3.05) is 26.2 Å². The Morgan fingerprint density at radius 3 is 2.64 bits per heavy atom. The zero-order chi connectivity index (χ0) is 17.8. The van der Waals surface area contributed by atoms with Crippen LogP contribution < -0.4 is 5.32 Å². The first kappa shape index (κ1) is 17.7. The van der Waals surface area contributed by atoms with Gasteiger partial charge in [-0.3, -0.25) is 4.79 Å². The van der Waals surface area contributed by atoms with Crippen LogP contribution in [0.1, 0.15) is 31.7 Å². The third-order valence-corrected chi connectivity index (χ3v) is 5.06. The molecule has 0 radical (unpaired) electrons. The fraction of sp³-hybridized carbons (Fsp3) is 0.579. The summed E-state index contributed by atoms with van der Waals surface area (Å²) in [5.74, 6) is 0.285. The summed E-state index contributed by atoms with van der Waals surface area (Å²) in [6.07, 6.45) is 3.36. The van der Waals surface area contributed by atoms with E-state index in [1.54, 1.807) is 21.9 Å². The minimum Gasteiger partial charge on any atom is -0.341 e. The standard InChI is InChI=1S/C19H26FN3O2/c1-14(16-6-7-16)21-19(25)23-9-3-8-22(10-11-23)18(24)13-15-4-2-5-17(20)12-15/h2,4-5,12,14,16H,3,6-11,13H2,1H3,(H,21,25)/t14-/m1/s1. The van der Waals surface area contributed by atoms with Gasteiger partial charge in [-0.2, -0.15) is 0 Å². The highest BCUT2D eigenvalue weighted by Gasteiger charge is 2.30. The van der Waals surface area contributed by atoms with Crippen LogP contribution in [-0.4, -0.2) is 54.0 Å². The number of urea groups is 1. The molecule has 1 aromatic carbocycles. The van der Waals surface area contributed by atoms with Gasteiger partial charge in [0.2, 0.25) is 5.91 Å². The van der Waals surface area contributed by atoms with Crippen LogP contribution in [0.2, 0.25) is 0 Å². The van der Waals surface area contributed by atoms with Crippen molar-refractivity contribution in [3.05, 3.63) is 35.6 Å². The Morgan fingerprint density at radius 1 is 1.20 bits per heavy atom. The van der Waals surface area contributed by atoms with Crippen molar-refractivity contribution in [3.8, 4) is 0 Å².